The molecule has 3 heterocycles. The minimum Gasteiger partial charge on any atom is -0.439 e. The van der Waals surface area contributed by atoms with Gasteiger partial charge >= 0.3 is 6.09 Å². The summed E-state index contributed by atoms with van der Waals surface area (Å²) in [6, 6.07) is 0. The molecule has 0 aromatic carbocycles. The highest BCUT2D eigenvalue weighted by Gasteiger charge is 2.47. The second kappa shape index (κ2) is 4.50. The zero-order valence-electron chi connectivity index (χ0n) is 11.7. The third-order valence-electron chi connectivity index (χ3n) is 3.87. The molecule has 0 bridgehead atoms. The molecular weight excluding hydrogens is 260 g/mol. The van der Waals surface area contributed by atoms with Crippen molar-refractivity contribution in [1.82, 2.24) is 19.8 Å². The molecule has 2 fully saturated rings. The van der Waals surface area contributed by atoms with E-state index in [0.29, 0.717) is 25.5 Å². The van der Waals surface area contributed by atoms with Crippen LogP contribution in [0.15, 0.2) is 6.20 Å². The number of likely N-dealkylation sites (N-methyl/N-ethyl adjacent to an activating group) is 1. The van der Waals surface area contributed by atoms with Crippen LogP contribution in [0.3, 0.4) is 0 Å². The molecule has 0 radical (unpaired) electrons. The van der Waals surface area contributed by atoms with Crippen LogP contribution in [0.4, 0.5) is 4.79 Å². The van der Waals surface area contributed by atoms with Crippen molar-refractivity contribution < 1.29 is 14.3 Å². The summed E-state index contributed by atoms with van der Waals surface area (Å²) in [5.41, 5.74) is 0.300. The Labute approximate surface area is 116 Å². The maximum absolute atomic E-state index is 12.4. The van der Waals surface area contributed by atoms with Gasteiger partial charge in [0.25, 0.3) is 5.91 Å². The summed E-state index contributed by atoms with van der Waals surface area (Å²) in [5, 5.41) is 0. The van der Waals surface area contributed by atoms with Gasteiger partial charge < -0.3 is 19.5 Å². The minimum absolute atomic E-state index is 0.136. The van der Waals surface area contributed by atoms with Crippen LogP contribution in [-0.4, -0.2) is 64.1 Å². The lowest BCUT2D eigenvalue weighted by atomic mass is 9.92. The number of nitrogens with one attached hydrogen (secondary N) is 1. The normalized spacial score (nSPS) is 26.2. The third-order valence-corrected chi connectivity index (χ3v) is 3.87. The second-order valence-corrected chi connectivity index (χ2v) is 5.65. The lowest BCUT2D eigenvalue weighted by Crippen LogP contribution is -2.52. The quantitative estimate of drug-likeness (QED) is 0.823. The van der Waals surface area contributed by atoms with E-state index >= 15 is 0 Å². The summed E-state index contributed by atoms with van der Waals surface area (Å²) in [4.78, 5) is 34.3. The fraction of sp³-hybridized carbons (Fsp3) is 0.615. The number of carbonyl (C=O) groups excluding carboxylic acids is 2. The zero-order valence-corrected chi connectivity index (χ0v) is 11.7. The lowest BCUT2D eigenvalue weighted by molar-refractivity contribution is -0.00559. The van der Waals surface area contributed by atoms with Crippen molar-refractivity contribution in [2.45, 2.75) is 25.4 Å². The Hall–Kier alpha value is -2.05. The molecule has 0 unspecified atom stereocenters. The van der Waals surface area contributed by atoms with Gasteiger partial charge in [0.05, 0.1) is 13.1 Å². The summed E-state index contributed by atoms with van der Waals surface area (Å²) in [6.45, 7) is 3.49. The molecule has 7 heteroatoms. The summed E-state index contributed by atoms with van der Waals surface area (Å²) in [6.07, 6.45) is 2.94. The molecular formula is C13H18N4O3. The molecule has 1 spiro atoms. The van der Waals surface area contributed by atoms with Crippen LogP contribution in [0.1, 0.15) is 29.2 Å². The summed E-state index contributed by atoms with van der Waals surface area (Å²) < 4.78 is 5.49. The molecule has 2 aliphatic rings. The number of amides is 2. The highest BCUT2D eigenvalue weighted by atomic mass is 16.6. The molecule has 7 nitrogen and oxygen atoms in total. The Kier molecular flexibility index (Phi) is 2.92. The van der Waals surface area contributed by atoms with Gasteiger partial charge in [0, 0.05) is 25.5 Å². The van der Waals surface area contributed by atoms with E-state index in [4.69, 9.17) is 4.74 Å². The van der Waals surface area contributed by atoms with Crippen molar-refractivity contribution >= 4 is 12.0 Å². The number of rotatable bonds is 1. The highest BCUT2D eigenvalue weighted by Crippen LogP contribution is 2.31. The fourth-order valence-corrected chi connectivity index (χ4v) is 2.95. The number of ether oxygens (including phenoxy) is 1. The van der Waals surface area contributed by atoms with Gasteiger partial charge in [-0.3, -0.25) is 4.79 Å². The molecule has 1 N–H and O–H groups in total. The lowest BCUT2D eigenvalue weighted by Gasteiger charge is -2.37. The first-order valence-electron chi connectivity index (χ1n) is 6.74. The van der Waals surface area contributed by atoms with Gasteiger partial charge in [-0.15, -0.1) is 0 Å². The number of piperidine rings is 1. The number of aryl methyl sites for hydroxylation is 1. The second-order valence-electron chi connectivity index (χ2n) is 5.65. The van der Waals surface area contributed by atoms with Crippen molar-refractivity contribution in [3.8, 4) is 0 Å². The minimum atomic E-state index is -0.554. The van der Waals surface area contributed by atoms with E-state index in [-0.39, 0.29) is 12.0 Å². The average Bonchev–Trinajstić information content (AvgIpc) is 2.94. The Morgan fingerprint density at radius 2 is 2.30 bits per heavy atom. The number of nitrogens with zero attached hydrogens (tertiary/aromatic N) is 3. The third kappa shape index (κ3) is 2.13. The Bertz CT molecular complexity index is 556. The van der Waals surface area contributed by atoms with Crippen LogP contribution < -0.4 is 0 Å². The Morgan fingerprint density at radius 3 is 2.90 bits per heavy atom. The molecule has 20 heavy (non-hydrogen) atoms. The zero-order chi connectivity index (χ0) is 14.3. The molecule has 0 aliphatic carbocycles. The largest absolute Gasteiger partial charge is 0.439 e. The molecule has 3 rings (SSSR count). The maximum atomic E-state index is 12.4. The number of imidazole rings is 1. The number of carbonyl (C=O) groups is 2. The monoisotopic (exact) mass is 278 g/mol. The van der Waals surface area contributed by atoms with E-state index in [9.17, 15) is 9.59 Å². The number of H-pyrrole nitrogens is 1. The van der Waals surface area contributed by atoms with Gasteiger partial charge in [-0.2, -0.15) is 0 Å². The van der Waals surface area contributed by atoms with E-state index in [2.05, 4.69) is 9.97 Å². The molecule has 2 saturated heterocycles. The molecule has 1 aromatic rings. The molecule has 2 aliphatic heterocycles. The summed E-state index contributed by atoms with van der Waals surface area (Å²) >= 11 is 0. The summed E-state index contributed by atoms with van der Waals surface area (Å²) in [5.74, 6) is 0.208. The van der Waals surface area contributed by atoms with E-state index in [0.717, 1.165) is 18.5 Å². The van der Waals surface area contributed by atoms with Crippen LogP contribution in [0.25, 0.3) is 0 Å². The Morgan fingerprint density at radius 1 is 1.50 bits per heavy atom. The van der Waals surface area contributed by atoms with Crippen LogP contribution in [0.2, 0.25) is 0 Å². The SMILES string of the molecule is Cc1cnc(C(=O)N2CCC[C@@]3(CN(C)C(=O)O3)C2)[nH]1. The maximum Gasteiger partial charge on any atom is 0.410 e. The van der Waals surface area contributed by atoms with Crippen molar-refractivity contribution in [2.75, 3.05) is 26.7 Å². The first kappa shape index (κ1) is 13.0. The first-order valence-corrected chi connectivity index (χ1v) is 6.74. The first-order chi connectivity index (χ1) is 9.49. The van der Waals surface area contributed by atoms with Gasteiger partial charge in [-0.05, 0) is 19.8 Å². The van der Waals surface area contributed by atoms with Gasteiger partial charge in [-0.1, -0.05) is 0 Å². The number of aromatic nitrogens is 2. The van der Waals surface area contributed by atoms with Crippen molar-refractivity contribution in [3.63, 3.8) is 0 Å². The van der Waals surface area contributed by atoms with Gasteiger partial charge in [0.2, 0.25) is 0 Å². The molecule has 108 valence electrons. The van der Waals surface area contributed by atoms with Gasteiger partial charge in [0.1, 0.15) is 5.60 Å². The van der Waals surface area contributed by atoms with Crippen LogP contribution >= 0.6 is 0 Å². The number of likely N-dealkylation sites (tertiary alicyclic amines) is 1. The molecule has 0 saturated carbocycles. The molecule has 1 aromatic heterocycles. The summed E-state index contributed by atoms with van der Waals surface area (Å²) in [7, 11) is 1.72. The van der Waals surface area contributed by atoms with Crippen molar-refractivity contribution in [2.24, 2.45) is 0 Å². The Balaban J connectivity index is 1.76. The number of hydrogen-bond donors (Lipinski definition) is 1. The predicted molar refractivity (Wildman–Crippen MR) is 70.3 cm³/mol. The topological polar surface area (TPSA) is 78.5 Å². The fourth-order valence-electron chi connectivity index (χ4n) is 2.95. The van der Waals surface area contributed by atoms with Crippen LogP contribution in [-0.2, 0) is 4.74 Å². The standard InChI is InChI=1S/C13H18N4O3/c1-9-6-14-10(15-9)11(18)17-5-3-4-13(8-17)7-16(2)12(19)20-13/h6H,3-5,7-8H2,1-2H3,(H,14,15)/t13-/m1/s1. The number of hydrogen-bond acceptors (Lipinski definition) is 4. The van der Waals surface area contributed by atoms with Gasteiger partial charge in [0.15, 0.2) is 5.82 Å². The van der Waals surface area contributed by atoms with Gasteiger partial charge in [-0.25, -0.2) is 9.78 Å². The van der Waals surface area contributed by atoms with E-state index < -0.39 is 5.60 Å². The predicted octanol–water partition coefficient (Wildman–Crippen LogP) is 0.775. The molecule has 2 amide bonds. The smallest absolute Gasteiger partial charge is 0.410 e. The number of aromatic amines is 1. The van der Waals surface area contributed by atoms with E-state index in [1.165, 1.54) is 0 Å². The highest BCUT2D eigenvalue weighted by molar-refractivity contribution is 5.90. The van der Waals surface area contributed by atoms with Crippen LogP contribution in [0.5, 0.6) is 0 Å². The van der Waals surface area contributed by atoms with Crippen molar-refractivity contribution in [1.29, 1.82) is 0 Å². The van der Waals surface area contributed by atoms with E-state index in [1.807, 2.05) is 6.92 Å². The van der Waals surface area contributed by atoms with Crippen LogP contribution in [0, 0.1) is 6.92 Å². The average molecular weight is 278 g/mol. The van der Waals surface area contributed by atoms with Crippen molar-refractivity contribution in [3.05, 3.63) is 17.7 Å². The molecule has 1 atom stereocenters. The van der Waals surface area contributed by atoms with E-state index in [1.54, 1.807) is 23.0 Å².